The van der Waals surface area contributed by atoms with Crippen LogP contribution in [-0.4, -0.2) is 22.6 Å². The molecule has 3 rings (SSSR count). The van der Waals surface area contributed by atoms with E-state index in [0.717, 1.165) is 12.5 Å². The van der Waals surface area contributed by atoms with Gasteiger partial charge < -0.3 is 0 Å². The van der Waals surface area contributed by atoms with Crippen LogP contribution in [-0.2, 0) is 0 Å². The second kappa shape index (κ2) is 0.742. The Balaban J connectivity index is 2.30. The Morgan fingerprint density at radius 2 is 2.57 bits per heavy atom. The van der Waals surface area contributed by atoms with Crippen LogP contribution in [0.1, 0.15) is 6.92 Å². The van der Waals surface area contributed by atoms with Crippen molar-refractivity contribution in [1.29, 1.82) is 0 Å². The molecule has 4 heteroatoms. The lowest BCUT2D eigenvalue weighted by atomic mass is 10.7. The second-order valence-corrected chi connectivity index (χ2v) is 1.72. The molecule has 3 aliphatic heterocycles. The summed E-state index contributed by atoms with van der Waals surface area (Å²) in [4.78, 5) is 0. The lowest BCUT2D eigenvalue weighted by molar-refractivity contribution is -0.0430. The fourth-order valence-electron chi connectivity index (χ4n) is 0.716. The van der Waals surface area contributed by atoms with E-state index in [4.69, 9.17) is 0 Å². The van der Waals surface area contributed by atoms with Crippen molar-refractivity contribution in [3.8, 4) is 0 Å². The molecule has 3 heterocycles. The van der Waals surface area contributed by atoms with Crippen LogP contribution in [0, 0.1) is 0 Å². The van der Waals surface area contributed by atoms with Gasteiger partial charge in [-0.2, -0.15) is 5.12 Å². The van der Waals surface area contributed by atoms with Crippen molar-refractivity contribution in [2.45, 2.75) is 6.92 Å². The molecule has 0 atom stereocenters. The van der Waals surface area contributed by atoms with E-state index in [1.54, 1.807) is 5.12 Å². The highest BCUT2D eigenvalue weighted by Crippen LogP contribution is 2.11. The highest BCUT2D eigenvalue weighted by Gasteiger charge is 2.30. The van der Waals surface area contributed by atoms with Crippen LogP contribution in [0.15, 0.2) is 5.10 Å². The fraction of sp³-hybridized carbons (Fsp3) is 0.667. The van der Waals surface area contributed by atoms with Gasteiger partial charge in [-0.15, -0.1) is 10.6 Å². The number of nitrogens with zero attached hydrogens (tertiary/aromatic N) is 3. The lowest BCUT2D eigenvalue weighted by Gasteiger charge is -2.31. The Morgan fingerprint density at radius 3 is 2.71 bits per heavy atom. The highest BCUT2D eigenvalue weighted by molar-refractivity contribution is 5.81. The largest absolute Gasteiger partial charge is 0.252 e. The minimum Gasteiger partial charge on any atom is -0.252 e. The summed E-state index contributed by atoms with van der Waals surface area (Å²) in [5, 5.41) is 7.79. The number of hydrazone groups is 1. The van der Waals surface area contributed by atoms with E-state index in [1.807, 2.05) is 11.9 Å². The Bertz CT molecular complexity index is 123. The molecule has 1 N–H and O–H groups in total. The molecule has 0 unspecified atom stereocenters. The summed E-state index contributed by atoms with van der Waals surface area (Å²) in [5.41, 5.74) is 2.93. The third-order valence-electron chi connectivity index (χ3n) is 1.17. The molecule has 0 saturated carbocycles. The minimum atomic E-state index is 0.922. The van der Waals surface area contributed by atoms with Crippen LogP contribution in [0.5, 0.6) is 0 Å². The van der Waals surface area contributed by atoms with Crippen molar-refractivity contribution in [2.75, 3.05) is 6.67 Å². The fourth-order valence-corrected chi connectivity index (χ4v) is 0.716. The van der Waals surface area contributed by atoms with E-state index < -0.39 is 0 Å². The van der Waals surface area contributed by atoms with Gasteiger partial charge in [0.2, 0.25) is 0 Å². The van der Waals surface area contributed by atoms with Gasteiger partial charge in [0.05, 0.1) is 0 Å². The quantitative estimate of drug-likeness (QED) is 0.436. The summed E-state index contributed by atoms with van der Waals surface area (Å²) in [5.74, 6) is 1.06. The number of nitrogens with one attached hydrogen (secondary N) is 1. The van der Waals surface area contributed by atoms with Crippen molar-refractivity contribution >= 4 is 5.84 Å². The molecule has 0 aliphatic carbocycles. The molecule has 38 valence electrons. The predicted octanol–water partition coefficient (Wildman–Crippen LogP) is -0.672. The van der Waals surface area contributed by atoms with E-state index in [1.165, 1.54) is 0 Å². The predicted molar refractivity (Wildman–Crippen MR) is 24.8 cm³/mol. The lowest BCUT2D eigenvalue weighted by Crippen LogP contribution is -2.58. The summed E-state index contributed by atoms with van der Waals surface area (Å²) in [7, 11) is 0. The van der Waals surface area contributed by atoms with Gasteiger partial charge >= 0.3 is 0 Å². The van der Waals surface area contributed by atoms with Gasteiger partial charge in [0.25, 0.3) is 0 Å². The van der Waals surface area contributed by atoms with E-state index >= 15 is 0 Å². The van der Waals surface area contributed by atoms with Crippen molar-refractivity contribution in [2.24, 2.45) is 5.10 Å². The number of hydrogen-bond donors (Lipinski definition) is 1. The smallest absolute Gasteiger partial charge is 0.144 e. The van der Waals surface area contributed by atoms with Crippen LogP contribution in [0.3, 0.4) is 0 Å². The third kappa shape index (κ3) is 0.235. The zero-order valence-electron chi connectivity index (χ0n) is 4.05. The molecular weight excluding hydrogens is 92.1 g/mol. The summed E-state index contributed by atoms with van der Waals surface area (Å²) >= 11 is 0. The maximum Gasteiger partial charge on any atom is 0.144 e. The zero-order valence-corrected chi connectivity index (χ0v) is 4.05. The Labute approximate surface area is 41.3 Å². The Hall–Kier alpha value is -0.770. The molecule has 1 saturated heterocycles. The maximum atomic E-state index is 4.03. The van der Waals surface area contributed by atoms with Gasteiger partial charge in [-0.3, -0.25) is 5.01 Å². The minimum absolute atomic E-state index is 0.922. The molecule has 1 fully saturated rings. The number of amidine groups is 1. The number of hydrazine groups is 2. The summed E-state index contributed by atoms with van der Waals surface area (Å²) in [6, 6.07) is 0. The van der Waals surface area contributed by atoms with Crippen molar-refractivity contribution in [3.05, 3.63) is 0 Å². The molecule has 0 aromatic heterocycles. The first kappa shape index (κ1) is 3.26. The van der Waals surface area contributed by atoms with E-state index in [-0.39, 0.29) is 0 Å². The maximum absolute atomic E-state index is 4.03. The van der Waals surface area contributed by atoms with Crippen molar-refractivity contribution in [1.82, 2.24) is 15.7 Å². The Morgan fingerprint density at radius 1 is 1.86 bits per heavy atom. The average molecular weight is 98.1 g/mol. The molecular formula is C3H6N4. The van der Waals surface area contributed by atoms with Gasteiger partial charge in [0.15, 0.2) is 0 Å². The zero-order chi connectivity index (χ0) is 4.85. The van der Waals surface area contributed by atoms with Crippen LogP contribution in [0.2, 0.25) is 0 Å². The molecule has 2 bridgehead atoms. The monoisotopic (exact) mass is 98.1 g/mol. The summed E-state index contributed by atoms with van der Waals surface area (Å²) in [6.07, 6.45) is 0. The van der Waals surface area contributed by atoms with Gasteiger partial charge in [0.1, 0.15) is 12.5 Å². The van der Waals surface area contributed by atoms with Crippen LogP contribution in [0.25, 0.3) is 0 Å². The SMILES string of the molecule is CC1=NN2CN1N2. The van der Waals surface area contributed by atoms with Gasteiger partial charge in [0, 0.05) is 0 Å². The standard InChI is InChI=1S/C3H6N4/c1-3-4-7-2-6(3)5-7/h5H,2H2,1H3. The molecule has 0 spiro atoms. The highest BCUT2D eigenvalue weighted by atomic mass is 16.0. The van der Waals surface area contributed by atoms with E-state index in [2.05, 4.69) is 10.6 Å². The van der Waals surface area contributed by atoms with Crippen LogP contribution < -0.4 is 5.53 Å². The first-order valence-corrected chi connectivity index (χ1v) is 2.23. The van der Waals surface area contributed by atoms with Crippen molar-refractivity contribution in [3.63, 3.8) is 0 Å². The second-order valence-electron chi connectivity index (χ2n) is 1.72. The van der Waals surface area contributed by atoms with Crippen LogP contribution >= 0.6 is 0 Å². The third-order valence-corrected chi connectivity index (χ3v) is 1.17. The number of hydrogen-bond acceptors (Lipinski definition) is 4. The molecule has 0 aromatic carbocycles. The van der Waals surface area contributed by atoms with Gasteiger partial charge in [-0.05, 0) is 6.92 Å². The normalized spacial score (nSPS) is 25.0. The Kier molecular flexibility index (Phi) is 0.346. The first-order chi connectivity index (χ1) is 3.36. The summed E-state index contributed by atoms with van der Waals surface area (Å²) < 4.78 is 0. The van der Waals surface area contributed by atoms with Crippen LogP contribution in [0.4, 0.5) is 0 Å². The average Bonchev–Trinajstić information content (AvgIpc) is 1.85. The topological polar surface area (TPSA) is 30.9 Å². The molecule has 3 aliphatic rings. The summed E-state index contributed by atoms with van der Waals surface area (Å²) in [6.45, 7) is 2.89. The molecule has 0 radical (unpaired) electrons. The van der Waals surface area contributed by atoms with Gasteiger partial charge in [-0.1, -0.05) is 0 Å². The van der Waals surface area contributed by atoms with Crippen molar-refractivity contribution < 1.29 is 0 Å². The van der Waals surface area contributed by atoms with Gasteiger partial charge in [-0.25, -0.2) is 0 Å². The molecule has 4 nitrogen and oxygen atoms in total. The molecule has 0 amide bonds. The first-order valence-electron chi connectivity index (χ1n) is 2.23. The molecule has 7 heavy (non-hydrogen) atoms. The number of rotatable bonds is 0. The van der Waals surface area contributed by atoms with E-state index in [0.29, 0.717) is 0 Å². The molecule has 0 aromatic rings. The van der Waals surface area contributed by atoms with E-state index in [9.17, 15) is 0 Å².